The van der Waals surface area contributed by atoms with E-state index in [0.717, 1.165) is 71.1 Å². The Morgan fingerprint density at radius 1 is 0.824 bits per heavy atom. The van der Waals surface area contributed by atoms with E-state index in [1.54, 1.807) is 0 Å². The Labute approximate surface area is 210 Å². The maximum absolute atomic E-state index is 11.4. The summed E-state index contributed by atoms with van der Waals surface area (Å²) in [7, 11) is 0. The molecule has 206 valence electrons. The van der Waals surface area contributed by atoms with E-state index in [1.807, 2.05) is 20.8 Å². The van der Waals surface area contributed by atoms with E-state index >= 15 is 0 Å². The summed E-state index contributed by atoms with van der Waals surface area (Å²) >= 11 is 0. The van der Waals surface area contributed by atoms with Gasteiger partial charge in [-0.25, -0.2) is 4.79 Å². The molecule has 11 N–H and O–H groups in total. The molecule has 9 heteroatoms. The maximum atomic E-state index is 11.4. The molecule has 0 fully saturated rings. The Kier molecular flexibility index (Phi) is 24.6. The lowest BCUT2D eigenvalue weighted by atomic mass is 10.0. The van der Waals surface area contributed by atoms with Gasteiger partial charge in [0, 0.05) is 51.4 Å². The highest BCUT2D eigenvalue weighted by Crippen LogP contribution is 2.08. The van der Waals surface area contributed by atoms with Gasteiger partial charge in [-0.05, 0) is 59.4 Å². The number of rotatable bonds is 19. The Morgan fingerprint density at radius 2 is 1.35 bits per heavy atom. The average Bonchev–Trinajstić information content (AvgIpc) is 2.73. The van der Waals surface area contributed by atoms with Crippen molar-refractivity contribution in [1.29, 1.82) is 0 Å². The average molecular weight is 490 g/mol. The smallest absolute Gasteiger partial charge is 0.407 e. The van der Waals surface area contributed by atoms with E-state index < -0.39 is 5.60 Å². The molecular formula is C25H59N7O2. The lowest BCUT2D eigenvalue weighted by molar-refractivity contribution is 0.0527. The number of amides is 1. The van der Waals surface area contributed by atoms with Crippen molar-refractivity contribution in [2.45, 2.75) is 110 Å². The second kappa shape index (κ2) is 23.8. The van der Waals surface area contributed by atoms with Crippen molar-refractivity contribution in [3.8, 4) is 0 Å². The standard InChI is InChI=1S/C14H31N3O2.C11H28N4/c1-14(2,3)19-13(18)17-11-7-5-9-12(16)8-4-6-10-15;1-2-3-4-5-11(14)10-15(8-6-12)9-7-13/h12H,4-11,15-16H2,1-3H3,(H,17,18);11H,2-10,12-14H2,1H3. The van der Waals surface area contributed by atoms with Gasteiger partial charge in [0.25, 0.3) is 0 Å². The van der Waals surface area contributed by atoms with Gasteiger partial charge >= 0.3 is 6.09 Å². The molecule has 1 amide bonds. The van der Waals surface area contributed by atoms with Crippen molar-refractivity contribution in [3.05, 3.63) is 0 Å². The summed E-state index contributed by atoms with van der Waals surface area (Å²) in [6.07, 6.45) is 10.7. The lowest BCUT2D eigenvalue weighted by Gasteiger charge is -2.24. The number of nitrogens with one attached hydrogen (secondary N) is 1. The van der Waals surface area contributed by atoms with Gasteiger partial charge in [0.1, 0.15) is 5.60 Å². The van der Waals surface area contributed by atoms with Crippen LogP contribution in [-0.2, 0) is 4.74 Å². The fourth-order valence-corrected chi connectivity index (χ4v) is 3.47. The molecule has 0 aliphatic rings. The molecule has 0 bridgehead atoms. The molecule has 0 aromatic rings. The van der Waals surface area contributed by atoms with Gasteiger partial charge < -0.3 is 38.7 Å². The largest absolute Gasteiger partial charge is 0.444 e. The number of carbonyl (C=O) groups excluding carboxylic acids is 1. The van der Waals surface area contributed by atoms with E-state index in [4.69, 9.17) is 33.4 Å². The van der Waals surface area contributed by atoms with Crippen LogP contribution in [-0.4, -0.2) is 74.5 Å². The molecule has 0 aromatic carbocycles. The van der Waals surface area contributed by atoms with E-state index in [-0.39, 0.29) is 18.2 Å². The minimum Gasteiger partial charge on any atom is -0.444 e. The third kappa shape index (κ3) is 27.3. The van der Waals surface area contributed by atoms with E-state index in [9.17, 15) is 4.79 Å². The molecule has 0 saturated carbocycles. The normalized spacial score (nSPS) is 13.2. The molecule has 0 aliphatic heterocycles. The van der Waals surface area contributed by atoms with Crippen LogP contribution in [0.5, 0.6) is 0 Å². The van der Waals surface area contributed by atoms with E-state index in [2.05, 4.69) is 17.1 Å². The molecule has 2 atom stereocenters. The van der Waals surface area contributed by atoms with Crippen molar-refractivity contribution < 1.29 is 9.53 Å². The van der Waals surface area contributed by atoms with Crippen molar-refractivity contribution in [2.75, 3.05) is 45.8 Å². The number of hydrogen-bond donors (Lipinski definition) is 6. The van der Waals surface area contributed by atoms with Gasteiger partial charge in [-0.15, -0.1) is 0 Å². The van der Waals surface area contributed by atoms with Crippen molar-refractivity contribution in [1.82, 2.24) is 10.2 Å². The molecule has 9 nitrogen and oxygen atoms in total. The molecule has 0 rings (SSSR count). The minimum atomic E-state index is -0.435. The first kappa shape index (κ1) is 35.2. The second-order valence-electron chi connectivity index (χ2n) is 10.1. The van der Waals surface area contributed by atoms with Crippen LogP contribution in [0.2, 0.25) is 0 Å². The second-order valence-corrected chi connectivity index (χ2v) is 10.1. The number of carbonyl (C=O) groups is 1. The summed E-state index contributed by atoms with van der Waals surface area (Å²) < 4.78 is 5.14. The monoisotopic (exact) mass is 489 g/mol. The Hall–Kier alpha value is -0.970. The van der Waals surface area contributed by atoms with Crippen LogP contribution in [0.4, 0.5) is 4.79 Å². The molecule has 0 heterocycles. The molecule has 2 unspecified atom stereocenters. The first-order valence-corrected chi connectivity index (χ1v) is 13.4. The SMILES string of the molecule is CC(C)(C)OC(=O)NCCCCC(N)CCCCN.CCCCCC(N)CN(CCN)CCN. The number of unbranched alkanes of at least 4 members (excludes halogenated alkanes) is 4. The highest BCUT2D eigenvalue weighted by atomic mass is 16.6. The Bertz CT molecular complexity index is 441. The van der Waals surface area contributed by atoms with Crippen LogP contribution in [0, 0.1) is 0 Å². The molecular weight excluding hydrogens is 430 g/mol. The highest BCUT2D eigenvalue weighted by molar-refractivity contribution is 5.67. The fourth-order valence-electron chi connectivity index (χ4n) is 3.47. The van der Waals surface area contributed by atoms with Crippen LogP contribution < -0.4 is 34.0 Å². The summed E-state index contributed by atoms with van der Waals surface area (Å²) in [5.74, 6) is 0. The fraction of sp³-hybridized carbons (Fsp3) is 0.960. The van der Waals surface area contributed by atoms with E-state index in [0.29, 0.717) is 19.6 Å². The summed E-state index contributed by atoms with van der Waals surface area (Å²) in [5, 5.41) is 2.75. The third-order valence-electron chi connectivity index (χ3n) is 5.26. The van der Waals surface area contributed by atoms with Gasteiger partial charge in [-0.3, -0.25) is 4.90 Å². The molecule has 0 spiro atoms. The quantitative estimate of drug-likeness (QED) is 0.150. The Balaban J connectivity index is 0. The van der Waals surface area contributed by atoms with Crippen LogP contribution in [0.25, 0.3) is 0 Å². The van der Waals surface area contributed by atoms with Crippen LogP contribution in [0.15, 0.2) is 0 Å². The van der Waals surface area contributed by atoms with Crippen LogP contribution >= 0.6 is 0 Å². The van der Waals surface area contributed by atoms with Crippen LogP contribution in [0.3, 0.4) is 0 Å². The van der Waals surface area contributed by atoms with Gasteiger partial charge in [0.2, 0.25) is 0 Å². The number of alkyl carbamates (subject to hydrolysis) is 1. The molecule has 0 aliphatic carbocycles. The molecule has 0 aromatic heterocycles. The molecule has 0 saturated heterocycles. The molecule has 34 heavy (non-hydrogen) atoms. The summed E-state index contributed by atoms with van der Waals surface area (Å²) in [4.78, 5) is 13.6. The number of hydrogen-bond acceptors (Lipinski definition) is 8. The summed E-state index contributed by atoms with van der Waals surface area (Å²) in [6.45, 7) is 13.3. The number of ether oxygens (including phenoxy) is 1. The zero-order chi connectivity index (χ0) is 26.2. The van der Waals surface area contributed by atoms with Gasteiger partial charge in [0.05, 0.1) is 0 Å². The Morgan fingerprint density at radius 3 is 1.85 bits per heavy atom. The minimum absolute atomic E-state index is 0.257. The summed E-state index contributed by atoms with van der Waals surface area (Å²) in [6, 6.07) is 0.530. The number of nitrogens with two attached hydrogens (primary N) is 5. The van der Waals surface area contributed by atoms with Gasteiger partial charge in [-0.2, -0.15) is 0 Å². The topological polar surface area (TPSA) is 172 Å². The first-order valence-electron chi connectivity index (χ1n) is 13.4. The third-order valence-corrected chi connectivity index (χ3v) is 5.26. The van der Waals surface area contributed by atoms with Crippen molar-refractivity contribution in [2.24, 2.45) is 28.7 Å². The summed E-state index contributed by atoms with van der Waals surface area (Å²) in [5.41, 5.74) is 28.1. The molecule has 0 radical (unpaired) electrons. The highest BCUT2D eigenvalue weighted by Gasteiger charge is 2.15. The van der Waals surface area contributed by atoms with Crippen LogP contribution in [0.1, 0.15) is 91.9 Å². The van der Waals surface area contributed by atoms with Gasteiger partial charge in [-0.1, -0.05) is 39.0 Å². The zero-order valence-corrected chi connectivity index (χ0v) is 22.8. The van der Waals surface area contributed by atoms with Crippen molar-refractivity contribution in [3.63, 3.8) is 0 Å². The van der Waals surface area contributed by atoms with E-state index in [1.165, 1.54) is 19.3 Å². The number of nitrogens with zero attached hydrogens (tertiary/aromatic N) is 1. The zero-order valence-electron chi connectivity index (χ0n) is 22.8. The lowest BCUT2D eigenvalue weighted by Crippen LogP contribution is -2.42. The predicted octanol–water partition coefficient (Wildman–Crippen LogP) is 2.25. The predicted molar refractivity (Wildman–Crippen MR) is 146 cm³/mol. The maximum Gasteiger partial charge on any atom is 0.407 e. The van der Waals surface area contributed by atoms with Gasteiger partial charge in [0.15, 0.2) is 0 Å². The first-order chi connectivity index (χ1) is 16.1. The van der Waals surface area contributed by atoms with Crippen molar-refractivity contribution >= 4 is 6.09 Å².